The number of benzene rings is 1. The fourth-order valence-electron chi connectivity index (χ4n) is 3.23. The first-order chi connectivity index (χ1) is 13.1. The monoisotopic (exact) mass is 387 g/mol. The molecule has 1 heterocycles. The van der Waals surface area contributed by atoms with Crippen molar-refractivity contribution in [2.45, 2.75) is 77.9 Å². The van der Waals surface area contributed by atoms with Crippen molar-refractivity contribution in [2.24, 2.45) is 5.73 Å². The van der Waals surface area contributed by atoms with E-state index < -0.39 is 11.6 Å². The number of aromatic nitrogens is 2. The molecule has 0 aliphatic rings. The Labute approximate surface area is 167 Å². The number of Topliss-reactive ketones (excluding diaryl/α,β-unsaturated/α-hetero) is 1. The second-order valence-electron chi connectivity index (χ2n) is 8.51. The van der Waals surface area contributed by atoms with Gasteiger partial charge in [0.05, 0.1) is 18.1 Å². The highest BCUT2D eigenvalue weighted by molar-refractivity contribution is 5.84. The summed E-state index contributed by atoms with van der Waals surface area (Å²) in [6, 6.07) is 5.37. The zero-order valence-electron chi connectivity index (χ0n) is 17.8. The van der Waals surface area contributed by atoms with Crippen LogP contribution in [0, 0.1) is 0 Å². The molecule has 2 rings (SSSR count). The molecule has 28 heavy (non-hydrogen) atoms. The van der Waals surface area contributed by atoms with Crippen LogP contribution in [-0.2, 0) is 16.1 Å². The predicted octanol–water partition coefficient (Wildman–Crippen LogP) is 4.27. The Morgan fingerprint density at radius 1 is 1.21 bits per heavy atom. The molecule has 1 atom stereocenters. The third kappa shape index (κ3) is 5.91. The molecule has 0 aliphatic heterocycles. The Hall–Kier alpha value is -2.18. The summed E-state index contributed by atoms with van der Waals surface area (Å²) < 4.78 is 0. The smallest absolute Gasteiger partial charge is 0.169 e. The Morgan fingerprint density at radius 3 is 2.50 bits per heavy atom. The lowest BCUT2D eigenvalue weighted by atomic mass is 9.90. The van der Waals surface area contributed by atoms with Gasteiger partial charge in [0.2, 0.25) is 0 Å². The van der Waals surface area contributed by atoms with Gasteiger partial charge in [-0.1, -0.05) is 39.8 Å². The number of H-pyrrole nitrogens is 1. The molecule has 2 aromatic rings. The Kier molecular flexibility index (Phi) is 7.38. The number of carbonyl (C=O) groups excluding carboxylic acids is 1. The van der Waals surface area contributed by atoms with Crippen LogP contribution in [0.5, 0.6) is 5.75 Å². The highest BCUT2D eigenvalue weighted by Crippen LogP contribution is 2.35. The van der Waals surface area contributed by atoms with Crippen molar-refractivity contribution < 1.29 is 14.6 Å². The van der Waals surface area contributed by atoms with Crippen molar-refractivity contribution >= 4 is 5.78 Å². The maximum absolute atomic E-state index is 12.5. The van der Waals surface area contributed by atoms with Crippen LogP contribution >= 0.6 is 0 Å². The molecule has 0 bridgehead atoms. The van der Waals surface area contributed by atoms with Crippen LogP contribution in [0.25, 0.3) is 0 Å². The van der Waals surface area contributed by atoms with E-state index in [2.05, 4.69) is 43.7 Å². The summed E-state index contributed by atoms with van der Waals surface area (Å²) >= 11 is 0. The summed E-state index contributed by atoms with van der Waals surface area (Å²) in [5.41, 5.74) is 8.38. The second-order valence-corrected chi connectivity index (χ2v) is 8.51. The fourth-order valence-corrected chi connectivity index (χ4v) is 3.23. The summed E-state index contributed by atoms with van der Waals surface area (Å²) in [6.07, 6.45) is 3.87. The first-order valence-corrected chi connectivity index (χ1v) is 9.85. The summed E-state index contributed by atoms with van der Waals surface area (Å²) in [5, 5.41) is 0. The van der Waals surface area contributed by atoms with Crippen molar-refractivity contribution in [1.82, 2.24) is 9.97 Å². The lowest BCUT2D eigenvalue weighted by molar-refractivity contribution is -0.281. The molecule has 6 heteroatoms. The van der Waals surface area contributed by atoms with Crippen LogP contribution in [-0.4, -0.2) is 27.4 Å². The average molecular weight is 388 g/mol. The van der Waals surface area contributed by atoms with E-state index in [9.17, 15) is 4.79 Å². The van der Waals surface area contributed by atoms with Gasteiger partial charge in [0.15, 0.2) is 11.5 Å². The van der Waals surface area contributed by atoms with E-state index in [1.807, 2.05) is 26.0 Å². The first-order valence-electron chi connectivity index (χ1n) is 9.85. The maximum Gasteiger partial charge on any atom is 0.169 e. The van der Waals surface area contributed by atoms with Gasteiger partial charge in [0.1, 0.15) is 5.60 Å². The van der Waals surface area contributed by atoms with E-state index in [4.69, 9.17) is 15.5 Å². The van der Waals surface area contributed by atoms with Crippen LogP contribution in [0.2, 0.25) is 0 Å². The molecule has 0 saturated carbocycles. The second kappa shape index (κ2) is 9.34. The number of nitrogens with two attached hydrogens (primary N) is 1. The number of rotatable bonds is 10. The summed E-state index contributed by atoms with van der Waals surface area (Å²) in [4.78, 5) is 30.9. The quantitative estimate of drug-likeness (QED) is 0.469. The molecule has 0 fully saturated rings. The third-order valence-electron chi connectivity index (χ3n) is 4.65. The molecule has 6 nitrogen and oxygen atoms in total. The van der Waals surface area contributed by atoms with Gasteiger partial charge in [0.25, 0.3) is 0 Å². The highest BCUT2D eigenvalue weighted by Gasteiger charge is 2.29. The van der Waals surface area contributed by atoms with Crippen LogP contribution < -0.4 is 10.6 Å². The normalized spacial score (nSPS) is 13.2. The van der Waals surface area contributed by atoms with Gasteiger partial charge >= 0.3 is 0 Å². The molecule has 154 valence electrons. The molecule has 0 unspecified atom stereocenters. The van der Waals surface area contributed by atoms with Crippen LogP contribution in [0.1, 0.15) is 76.6 Å². The number of hydrogen-bond donors (Lipinski definition) is 2. The first kappa shape index (κ1) is 22.1. The van der Waals surface area contributed by atoms with Gasteiger partial charge in [-0.05, 0) is 37.3 Å². The fraction of sp³-hybridized carbons (Fsp3) is 0.545. The number of imidazole rings is 1. The zero-order valence-corrected chi connectivity index (χ0v) is 17.8. The molecule has 1 aromatic carbocycles. The summed E-state index contributed by atoms with van der Waals surface area (Å²) in [6.45, 7) is 12.2. The SMILES string of the molecule is CC(C)c1cccc(OOC(C)(C)CC(=O)[C@@H](N)Cc2c[nH]cn2)c1C(C)C. The Balaban J connectivity index is 2.02. The largest absolute Gasteiger partial charge is 0.351 e. The number of aromatic amines is 1. The molecule has 1 aromatic heterocycles. The molecule has 3 N–H and O–H groups in total. The van der Waals surface area contributed by atoms with E-state index in [1.165, 1.54) is 5.56 Å². The van der Waals surface area contributed by atoms with Crippen molar-refractivity contribution in [3.05, 3.63) is 47.5 Å². The molecule has 0 aliphatic carbocycles. The summed E-state index contributed by atoms with van der Waals surface area (Å²) in [5.74, 6) is 1.29. The van der Waals surface area contributed by atoms with Crippen molar-refractivity contribution in [3.63, 3.8) is 0 Å². The number of ketones is 1. The number of nitrogens with one attached hydrogen (secondary N) is 1. The molecular weight excluding hydrogens is 354 g/mol. The van der Waals surface area contributed by atoms with Gasteiger partial charge in [-0.25, -0.2) is 4.98 Å². The van der Waals surface area contributed by atoms with E-state index in [1.54, 1.807) is 12.5 Å². The Bertz CT molecular complexity index is 767. The van der Waals surface area contributed by atoms with Gasteiger partial charge in [-0.3, -0.25) is 4.79 Å². The van der Waals surface area contributed by atoms with Crippen LogP contribution in [0.4, 0.5) is 0 Å². The highest BCUT2D eigenvalue weighted by atomic mass is 17.2. The number of nitrogens with zero attached hydrogens (tertiary/aromatic N) is 1. The van der Waals surface area contributed by atoms with Gasteiger partial charge in [0, 0.05) is 24.6 Å². The lowest BCUT2D eigenvalue weighted by Gasteiger charge is -2.26. The van der Waals surface area contributed by atoms with E-state index in [-0.39, 0.29) is 12.2 Å². The topological polar surface area (TPSA) is 90.2 Å². The van der Waals surface area contributed by atoms with E-state index >= 15 is 0 Å². The third-order valence-corrected chi connectivity index (χ3v) is 4.65. The number of carbonyl (C=O) groups is 1. The molecule has 0 amide bonds. The predicted molar refractivity (Wildman–Crippen MR) is 110 cm³/mol. The van der Waals surface area contributed by atoms with Crippen LogP contribution in [0.15, 0.2) is 30.7 Å². The molecular formula is C22H33N3O3. The zero-order chi connectivity index (χ0) is 20.9. The van der Waals surface area contributed by atoms with Gasteiger partial charge in [-0.15, -0.1) is 0 Å². The molecule has 0 saturated heterocycles. The van der Waals surface area contributed by atoms with E-state index in [0.29, 0.717) is 24.0 Å². The van der Waals surface area contributed by atoms with Crippen LogP contribution in [0.3, 0.4) is 0 Å². The number of hydrogen-bond acceptors (Lipinski definition) is 5. The average Bonchev–Trinajstić information content (AvgIpc) is 3.12. The Morgan fingerprint density at radius 2 is 1.93 bits per heavy atom. The van der Waals surface area contributed by atoms with Gasteiger partial charge in [-0.2, -0.15) is 4.89 Å². The van der Waals surface area contributed by atoms with E-state index in [0.717, 1.165) is 11.3 Å². The van der Waals surface area contributed by atoms with Crippen molar-refractivity contribution in [1.29, 1.82) is 0 Å². The minimum Gasteiger partial charge on any atom is -0.351 e. The minimum absolute atomic E-state index is 0.0865. The minimum atomic E-state index is -0.803. The van der Waals surface area contributed by atoms with Gasteiger partial charge < -0.3 is 15.6 Å². The summed E-state index contributed by atoms with van der Waals surface area (Å²) in [7, 11) is 0. The molecule has 0 radical (unpaired) electrons. The maximum atomic E-state index is 12.5. The lowest BCUT2D eigenvalue weighted by Crippen LogP contribution is -2.39. The van der Waals surface area contributed by atoms with Crippen molar-refractivity contribution in [2.75, 3.05) is 0 Å². The molecule has 0 spiro atoms. The standard InChI is InChI=1S/C22H33N3O3/c1-14(2)17-8-7-9-20(21(17)15(3)4)27-28-22(5,6)11-19(26)18(23)10-16-12-24-13-25-16/h7-9,12-15,18H,10-11,23H2,1-6H3,(H,24,25)/t18-/m0/s1. The van der Waals surface area contributed by atoms with Crippen molar-refractivity contribution in [3.8, 4) is 5.75 Å².